The highest BCUT2D eigenvalue weighted by Crippen LogP contribution is 2.15. The Bertz CT molecular complexity index is 521. The van der Waals surface area contributed by atoms with Crippen LogP contribution in [0.25, 0.3) is 0 Å². The maximum Gasteiger partial charge on any atom is 0.237 e. The fourth-order valence-corrected chi connectivity index (χ4v) is 3.68. The Morgan fingerprint density at radius 1 is 1.11 bits per heavy atom. The molecule has 0 aliphatic carbocycles. The summed E-state index contributed by atoms with van der Waals surface area (Å²) in [6.07, 6.45) is 3.31. The van der Waals surface area contributed by atoms with Crippen LogP contribution < -0.4 is 15.5 Å². The van der Waals surface area contributed by atoms with Gasteiger partial charge in [-0.25, -0.2) is 0 Å². The predicted molar refractivity (Wildman–Crippen MR) is 120 cm³/mol. The van der Waals surface area contributed by atoms with E-state index in [2.05, 4.69) is 57.7 Å². The summed E-state index contributed by atoms with van der Waals surface area (Å²) in [5, 5.41) is 6.50. The van der Waals surface area contributed by atoms with Gasteiger partial charge in [-0.3, -0.25) is 9.69 Å². The number of carbonyl (C=O) groups excluding carboxylic acids is 1. The van der Waals surface area contributed by atoms with Crippen molar-refractivity contribution in [2.24, 2.45) is 0 Å². The second kappa shape index (κ2) is 13.5. The zero-order valence-corrected chi connectivity index (χ0v) is 18.4. The molecule has 0 saturated carbocycles. The summed E-state index contributed by atoms with van der Waals surface area (Å²) in [5.41, 5.74) is 1.31. The molecule has 2 atom stereocenters. The summed E-state index contributed by atoms with van der Waals surface area (Å²) < 4.78 is 0. The van der Waals surface area contributed by atoms with Crippen molar-refractivity contribution in [2.45, 2.75) is 38.3 Å². The summed E-state index contributed by atoms with van der Waals surface area (Å²) in [5.74, 6) is 0.171. The molecule has 0 bridgehead atoms. The Morgan fingerprint density at radius 3 is 2.37 bits per heavy atom. The molecule has 2 N–H and O–H groups in total. The number of para-hydroxylation sites is 1. The lowest BCUT2D eigenvalue weighted by Crippen LogP contribution is -2.54. The van der Waals surface area contributed by atoms with Crippen LogP contribution in [0.4, 0.5) is 5.69 Å². The maximum absolute atomic E-state index is 12.3. The van der Waals surface area contributed by atoms with E-state index in [1.165, 1.54) is 12.1 Å². The predicted octanol–water partition coefficient (Wildman–Crippen LogP) is 2.72. The van der Waals surface area contributed by atoms with Gasteiger partial charge in [-0.15, -0.1) is 37.2 Å². The normalized spacial score (nSPS) is 21.1. The highest BCUT2D eigenvalue weighted by atomic mass is 35.5. The molecular weight excluding hydrogens is 407 g/mol. The van der Waals surface area contributed by atoms with Gasteiger partial charge in [0.2, 0.25) is 5.91 Å². The Kier molecular flexibility index (Phi) is 13.1. The van der Waals surface area contributed by atoms with Crippen LogP contribution in [0.3, 0.4) is 0 Å². The van der Waals surface area contributed by atoms with Gasteiger partial charge >= 0.3 is 0 Å². The van der Waals surface area contributed by atoms with E-state index in [1.54, 1.807) is 0 Å². The van der Waals surface area contributed by atoms with Gasteiger partial charge in [0, 0.05) is 44.5 Å². The van der Waals surface area contributed by atoms with E-state index in [-0.39, 0.29) is 55.2 Å². The van der Waals surface area contributed by atoms with Crippen molar-refractivity contribution in [1.29, 1.82) is 0 Å². The minimum absolute atomic E-state index is 0. The quantitative estimate of drug-likeness (QED) is 0.740. The average Bonchev–Trinajstić information content (AvgIpc) is 2.64. The molecule has 3 rings (SSSR count). The minimum Gasteiger partial charge on any atom is -0.369 e. The van der Waals surface area contributed by atoms with Crippen LogP contribution >= 0.6 is 37.2 Å². The first-order valence-corrected chi connectivity index (χ1v) is 9.28. The van der Waals surface area contributed by atoms with Crippen molar-refractivity contribution in [3.8, 4) is 0 Å². The third kappa shape index (κ3) is 8.04. The van der Waals surface area contributed by atoms with E-state index in [4.69, 9.17) is 0 Å². The molecule has 2 aliphatic heterocycles. The molecule has 27 heavy (non-hydrogen) atoms. The van der Waals surface area contributed by atoms with E-state index in [1.807, 2.05) is 0 Å². The van der Waals surface area contributed by atoms with Crippen LogP contribution in [0.1, 0.15) is 26.2 Å². The number of anilines is 1. The van der Waals surface area contributed by atoms with Crippen LogP contribution in [-0.2, 0) is 4.79 Å². The fourth-order valence-electron chi connectivity index (χ4n) is 3.68. The van der Waals surface area contributed by atoms with Crippen LogP contribution in [0, 0.1) is 0 Å². The number of rotatable bonds is 5. The molecule has 0 aromatic heterocycles. The number of hydrogen-bond donors (Lipinski definition) is 2. The number of benzene rings is 1. The second-order valence-corrected chi connectivity index (χ2v) is 7.04. The van der Waals surface area contributed by atoms with E-state index in [0.29, 0.717) is 0 Å². The number of carbonyl (C=O) groups is 1. The van der Waals surface area contributed by atoms with Gasteiger partial charge in [-0.05, 0) is 38.4 Å². The molecule has 0 radical (unpaired) electrons. The fraction of sp³-hybridized carbons (Fsp3) is 0.632. The average molecular weight is 440 g/mol. The third-order valence-electron chi connectivity index (χ3n) is 5.04. The Morgan fingerprint density at radius 2 is 1.78 bits per heavy atom. The van der Waals surface area contributed by atoms with Crippen LogP contribution in [-0.4, -0.2) is 62.2 Å². The number of amides is 1. The first-order chi connectivity index (χ1) is 11.7. The SMILES string of the molecule is CC(CN1CCN(c2ccccc2)CC1)NC(=O)[C@H]1CCCCN1.Cl.Cl.Cl. The summed E-state index contributed by atoms with van der Waals surface area (Å²) in [4.78, 5) is 17.2. The third-order valence-corrected chi connectivity index (χ3v) is 5.04. The highest BCUT2D eigenvalue weighted by molar-refractivity contribution is 5.86. The minimum atomic E-state index is 0. The molecule has 5 nitrogen and oxygen atoms in total. The smallest absolute Gasteiger partial charge is 0.237 e. The van der Waals surface area contributed by atoms with Crippen LogP contribution in [0.2, 0.25) is 0 Å². The number of nitrogens with zero attached hydrogens (tertiary/aromatic N) is 2. The maximum atomic E-state index is 12.3. The van der Waals surface area contributed by atoms with E-state index in [9.17, 15) is 4.79 Å². The van der Waals surface area contributed by atoms with Crippen molar-refractivity contribution in [2.75, 3.05) is 44.2 Å². The van der Waals surface area contributed by atoms with Crippen LogP contribution in [0.5, 0.6) is 0 Å². The molecule has 2 aliphatic rings. The van der Waals surface area contributed by atoms with Crippen molar-refractivity contribution >= 4 is 48.8 Å². The molecule has 156 valence electrons. The topological polar surface area (TPSA) is 47.6 Å². The molecule has 2 heterocycles. The number of piperazine rings is 1. The summed E-state index contributed by atoms with van der Waals surface area (Å²) in [7, 11) is 0. The Labute approximate surface area is 181 Å². The number of halogens is 3. The molecule has 1 unspecified atom stereocenters. The van der Waals surface area contributed by atoms with Gasteiger partial charge in [-0.2, -0.15) is 0 Å². The van der Waals surface area contributed by atoms with E-state index in [0.717, 1.165) is 52.1 Å². The zero-order chi connectivity index (χ0) is 16.8. The van der Waals surface area contributed by atoms with Crippen molar-refractivity contribution < 1.29 is 4.79 Å². The van der Waals surface area contributed by atoms with Crippen LogP contribution in [0.15, 0.2) is 30.3 Å². The molecule has 0 spiro atoms. The van der Waals surface area contributed by atoms with E-state index >= 15 is 0 Å². The Balaban J connectivity index is 0.00000225. The number of hydrogen-bond acceptors (Lipinski definition) is 4. The molecular formula is C19H33Cl3N4O. The summed E-state index contributed by atoms with van der Waals surface area (Å²) >= 11 is 0. The lowest BCUT2D eigenvalue weighted by atomic mass is 10.0. The standard InChI is InChI=1S/C19H30N4O.3ClH/c1-16(21-19(24)18-9-5-6-10-20-18)15-22-11-13-23(14-12-22)17-7-3-2-4-8-17;;;/h2-4,7-8,16,18,20H,5-6,9-15H2,1H3,(H,21,24);3*1H/t16?,18-;;;/m1.../s1. The molecule has 8 heteroatoms. The second-order valence-electron chi connectivity index (χ2n) is 7.04. The first-order valence-electron chi connectivity index (χ1n) is 9.28. The van der Waals surface area contributed by atoms with Crippen molar-refractivity contribution in [3.05, 3.63) is 30.3 Å². The summed E-state index contributed by atoms with van der Waals surface area (Å²) in [6.45, 7) is 8.22. The summed E-state index contributed by atoms with van der Waals surface area (Å²) in [6, 6.07) is 10.8. The van der Waals surface area contributed by atoms with Gasteiger partial charge in [0.1, 0.15) is 0 Å². The number of piperidine rings is 1. The monoisotopic (exact) mass is 438 g/mol. The number of nitrogens with one attached hydrogen (secondary N) is 2. The lowest BCUT2D eigenvalue weighted by Gasteiger charge is -2.37. The van der Waals surface area contributed by atoms with Gasteiger partial charge in [-0.1, -0.05) is 24.6 Å². The molecule has 1 aromatic carbocycles. The Hall–Kier alpha value is -0.720. The lowest BCUT2D eigenvalue weighted by molar-refractivity contribution is -0.124. The highest BCUT2D eigenvalue weighted by Gasteiger charge is 2.23. The molecule has 2 saturated heterocycles. The van der Waals surface area contributed by atoms with Gasteiger partial charge < -0.3 is 15.5 Å². The van der Waals surface area contributed by atoms with Gasteiger partial charge in [0.05, 0.1) is 6.04 Å². The largest absolute Gasteiger partial charge is 0.369 e. The van der Waals surface area contributed by atoms with Crippen molar-refractivity contribution in [3.63, 3.8) is 0 Å². The molecule has 1 amide bonds. The first kappa shape index (κ1) is 26.3. The van der Waals surface area contributed by atoms with E-state index < -0.39 is 0 Å². The van der Waals surface area contributed by atoms with Crippen molar-refractivity contribution in [1.82, 2.24) is 15.5 Å². The molecule has 1 aromatic rings. The molecule has 2 fully saturated rings. The van der Waals surface area contributed by atoms with Gasteiger partial charge in [0.25, 0.3) is 0 Å². The zero-order valence-electron chi connectivity index (χ0n) is 15.9. The van der Waals surface area contributed by atoms with Gasteiger partial charge in [0.15, 0.2) is 0 Å².